The fraction of sp³-hybridized carbons (Fsp3) is 0.238. The summed E-state index contributed by atoms with van der Waals surface area (Å²) in [7, 11) is 0. The van der Waals surface area contributed by atoms with Crippen LogP contribution in [-0.4, -0.2) is 25.3 Å². The van der Waals surface area contributed by atoms with Gasteiger partial charge in [0.05, 0.1) is 17.1 Å². The van der Waals surface area contributed by atoms with E-state index in [1.54, 1.807) is 24.4 Å². The lowest BCUT2D eigenvalue weighted by molar-refractivity contribution is 0.0918. The maximum atomic E-state index is 12.9. The van der Waals surface area contributed by atoms with E-state index in [9.17, 15) is 9.59 Å². The average molecular weight is 375 g/mol. The number of rotatable bonds is 5. The summed E-state index contributed by atoms with van der Waals surface area (Å²) >= 11 is 0. The van der Waals surface area contributed by atoms with Gasteiger partial charge in [0.25, 0.3) is 11.5 Å². The molecular formula is C21H21N5O2. The van der Waals surface area contributed by atoms with Crippen LogP contribution >= 0.6 is 0 Å². The number of carbonyl (C=O) groups is 1. The number of imidazole rings is 1. The minimum absolute atomic E-state index is 0.00751. The van der Waals surface area contributed by atoms with Crippen LogP contribution in [0.5, 0.6) is 0 Å². The second kappa shape index (κ2) is 7.26. The van der Waals surface area contributed by atoms with E-state index >= 15 is 0 Å². The summed E-state index contributed by atoms with van der Waals surface area (Å²) in [6.07, 6.45) is 3.78. The maximum absolute atomic E-state index is 12.9. The summed E-state index contributed by atoms with van der Waals surface area (Å²) in [6.45, 7) is 4.10. The van der Waals surface area contributed by atoms with E-state index in [4.69, 9.17) is 0 Å². The Hall–Kier alpha value is -3.48. The lowest BCUT2D eigenvalue weighted by Gasteiger charge is -2.22. The Balaban J connectivity index is 1.70. The number of carbonyl (C=O) groups excluding carboxylic acids is 1. The minimum Gasteiger partial charge on any atom is -0.342 e. The van der Waals surface area contributed by atoms with Crippen molar-refractivity contribution in [1.29, 1.82) is 0 Å². The molecule has 0 saturated heterocycles. The molecule has 3 aromatic heterocycles. The van der Waals surface area contributed by atoms with Crippen LogP contribution in [0, 0.1) is 5.92 Å². The van der Waals surface area contributed by atoms with Crippen LogP contribution in [0.1, 0.15) is 42.5 Å². The Morgan fingerprint density at radius 1 is 1.21 bits per heavy atom. The molecule has 28 heavy (non-hydrogen) atoms. The van der Waals surface area contributed by atoms with Crippen molar-refractivity contribution in [3.05, 3.63) is 76.6 Å². The van der Waals surface area contributed by atoms with Crippen LogP contribution in [-0.2, 0) is 0 Å². The second-order valence-electron chi connectivity index (χ2n) is 6.88. The summed E-state index contributed by atoms with van der Waals surface area (Å²) in [5, 5.41) is 2.98. The summed E-state index contributed by atoms with van der Waals surface area (Å²) in [5.41, 5.74) is 1.86. The number of hydrogen-bond donors (Lipinski definition) is 2. The van der Waals surface area contributed by atoms with Crippen molar-refractivity contribution in [3.63, 3.8) is 0 Å². The number of H-pyrrole nitrogens is 1. The van der Waals surface area contributed by atoms with E-state index in [1.165, 1.54) is 10.6 Å². The van der Waals surface area contributed by atoms with Crippen LogP contribution < -0.4 is 10.9 Å². The second-order valence-corrected chi connectivity index (χ2v) is 6.88. The standard InChI is InChI=1S/C21H21N5O2/c1-3-13(2)18(19-23-15-8-4-5-9-16(15)24-19)25-20(27)14-12-22-17-10-6-7-11-26(17)21(14)28/h4-13,18H,3H2,1-2H3,(H,23,24)(H,25,27)/t13-,18-/m1/s1. The molecule has 4 aromatic rings. The number of aromatic amines is 1. The molecule has 0 fully saturated rings. The van der Waals surface area contributed by atoms with Gasteiger partial charge in [0, 0.05) is 12.4 Å². The summed E-state index contributed by atoms with van der Waals surface area (Å²) in [4.78, 5) is 37.8. The van der Waals surface area contributed by atoms with Crippen molar-refractivity contribution in [2.24, 2.45) is 5.92 Å². The summed E-state index contributed by atoms with van der Waals surface area (Å²) in [6, 6.07) is 12.6. The van der Waals surface area contributed by atoms with Crippen molar-refractivity contribution in [2.75, 3.05) is 0 Å². The Kier molecular flexibility index (Phi) is 4.65. The quantitative estimate of drug-likeness (QED) is 0.561. The predicted molar refractivity (Wildman–Crippen MR) is 107 cm³/mol. The van der Waals surface area contributed by atoms with Gasteiger partial charge in [-0.15, -0.1) is 0 Å². The Bertz CT molecular complexity index is 1180. The number of fused-ring (bicyclic) bond motifs is 2. The highest BCUT2D eigenvalue weighted by atomic mass is 16.2. The lowest BCUT2D eigenvalue weighted by atomic mass is 9.98. The predicted octanol–water partition coefficient (Wildman–Crippen LogP) is 3.09. The van der Waals surface area contributed by atoms with Crippen LogP contribution in [0.2, 0.25) is 0 Å². The number of amides is 1. The molecule has 0 bridgehead atoms. The van der Waals surface area contributed by atoms with E-state index in [1.807, 2.05) is 31.2 Å². The molecule has 0 aliphatic heterocycles. The number of hydrogen-bond acceptors (Lipinski definition) is 4. The first-order chi connectivity index (χ1) is 13.6. The van der Waals surface area contributed by atoms with E-state index in [0.717, 1.165) is 17.5 Å². The topological polar surface area (TPSA) is 92.2 Å². The van der Waals surface area contributed by atoms with Crippen molar-refractivity contribution in [1.82, 2.24) is 24.7 Å². The smallest absolute Gasteiger partial charge is 0.270 e. The zero-order valence-corrected chi connectivity index (χ0v) is 15.7. The Labute approximate surface area is 161 Å². The zero-order chi connectivity index (χ0) is 19.7. The number of nitrogens with one attached hydrogen (secondary N) is 2. The SMILES string of the molecule is CC[C@@H](C)[C@@H](NC(=O)c1cnc2ccccn2c1=O)c1nc2ccccc2[nH]1. The van der Waals surface area contributed by atoms with Gasteiger partial charge in [0.1, 0.15) is 17.0 Å². The Morgan fingerprint density at radius 3 is 2.79 bits per heavy atom. The van der Waals surface area contributed by atoms with E-state index in [0.29, 0.717) is 11.5 Å². The van der Waals surface area contributed by atoms with Gasteiger partial charge in [0.15, 0.2) is 0 Å². The van der Waals surface area contributed by atoms with Crippen LogP contribution in [0.3, 0.4) is 0 Å². The Morgan fingerprint density at radius 2 is 2.00 bits per heavy atom. The number of nitrogens with zero attached hydrogens (tertiary/aromatic N) is 3. The highest BCUT2D eigenvalue weighted by Gasteiger charge is 2.25. The monoisotopic (exact) mass is 375 g/mol. The third kappa shape index (κ3) is 3.15. The normalized spacial score (nSPS) is 13.5. The van der Waals surface area contributed by atoms with Crippen molar-refractivity contribution >= 4 is 22.6 Å². The average Bonchev–Trinajstić information content (AvgIpc) is 3.15. The van der Waals surface area contributed by atoms with Gasteiger partial charge in [-0.2, -0.15) is 0 Å². The molecule has 0 radical (unpaired) electrons. The molecule has 1 aromatic carbocycles. The molecule has 0 aliphatic carbocycles. The van der Waals surface area contributed by atoms with Crippen molar-refractivity contribution in [3.8, 4) is 0 Å². The van der Waals surface area contributed by atoms with E-state index in [-0.39, 0.29) is 17.5 Å². The highest BCUT2D eigenvalue weighted by Crippen LogP contribution is 2.24. The lowest BCUT2D eigenvalue weighted by Crippen LogP contribution is -2.37. The highest BCUT2D eigenvalue weighted by molar-refractivity contribution is 5.94. The van der Waals surface area contributed by atoms with Crippen LogP contribution in [0.25, 0.3) is 16.7 Å². The molecule has 0 spiro atoms. The van der Waals surface area contributed by atoms with Crippen LogP contribution in [0.4, 0.5) is 0 Å². The molecule has 142 valence electrons. The number of benzene rings is 1. The third-order valence-electron chi connectivity index (χ3n) is 5.06. The molecule has 4 rings (SSSR count). The number of pyridine rings is 1. The summed E-state index contributed by atoms with van der Waals surface area (Å²) in [5.74, 6) is 0.347. The molecule has 0 aliphatic rings. The van der Waals surface area contributed by atoms with Crippen molar-refractivity contribution in [2.45, 2.75) is 26.3 Å². The van der Waals surface area contributed by atoms with Crippen molar-refractivity contribution < 1.29 is 4.79 Å². The van der Waals surface area contributed by atoms with E-state index in [2.05, 4.69) is 27.2 Å². The molecule has 0 saturated carbocycles. The van der Waals surface area contributed by atoms with Crippen LogP contribution in [0.15, 0.2) is 59.7 Å². The maximum Gasteiger partial charge on any atom is 0.270 e. The van der Waals surface area contributed by atoms with Gasteiger partial charge in [0.2, 0.25) is 0 Å². The molecular weight excluding hydrogens is 354 g/mol. The van der Waals surface area contributed by atoms with Gasteiger partial charge in [-0.05, 0) is 30.2 Å². The first-order valence-electron chi connectivity index (χ1n) is 9.30. The molecule has 7 heteroatoms. The van der Waals surface area contributed by atoms with Gasteiger partial charge < -0.3 is 10.3 Å². The molecule has 1 amide bonds. The van der Waals surface area contributed by atoms with Gasteiger partial charge in [-0.25, -0.2) is 9.97 Å². The molecule has 0 unspecified atom stereocenters. The summed E-state index contributed by atoms with van der Waals surface area (Å²) < 4.78 is 1.37. The fourth-order valence-electron chi connectivity index (χ4n) is 3.24. The number of para-hydroxylation sites is 2. The first kappa shape index (κ1) is 17.9. The zero-order valence-electron chi connectivity index (χ0n) is 15.7. The fourth-order valence-corrected chi connectivity index (χ4v) is 3.24. The molecule has 2 atom stereocenters. The molecule has 2 N–H and O–H groups in total. The van der Waals surface area contributed by atoms with E-state index < -0.39 is 11.5 Å². The van der Waals surface area contributed by atoms with Gasteiger partial charge >= 0.3 is 0 Å². The molecule has 7 nitrogen and oxygen atoms in total. The van der Waals surface area contributed by atoms with Gasteiger partial charge in [-0.1, -0.05) is 38.5 Å². The minimum atomic E-state index is -0.457. The first-order valence-corrected chi connectivity index (χ1v) is 9.30. The molecule has 3 heterocycles. The number of aromatic nitrogens is 4. The largest absolute Gasteiger partial charge is 0.342 e. The van der Waals surface area contributed by atoms with Gasteiger partial charge in [-0.3, -0.25) is 14.0 Å². The third-order valence-corrected chi connectivity index (χ3v) is 5.06.